The summed E-state index contributed by atoms with van der Waals surface area (Å²) in [6.45, 7) is 1.70. The van der Waals surface area contributed by atoms with Crippen LogP contribution in [-0.2, 0) is 0 Å². The van der Waals surface area contributed by atoms with Crippen molar-refractivity contribution in [2.24, 2.45) is 0 Å². The van der Waals surface area contributed by atoms with E-state index in [2.05, 4.69) is 41.2 Å². The van der Waals surface area contributed by atoms with Gasteiger partial charge >= 0.3 is 0 Å². The predicted molar refractivity (Wildman–Crippen MR) is 87.1 cm³/mol. The van der Waals surface area contributed by atoms with Crippen molar-refractivity contribution in [3.05, 3.63) is 49.1 Å². The molecule has 114 valence electrons. The van der Waals surface area contributed by atoms with Crippen LogP contribution in [-0.4, -0.2) is 46.5 Å². The monoisotopic (exact) mass is 296 g/mol. The number of fused-ring (bicyclic) bond motifs is 1. The molecule has 0 aliphatic heterocycles. The highest BCUT2D eigenvalue weighted by Crippen LogP contribution is 2.20. The fraction of sp³-hybridized carbons (Fsp3) is 0.294. The first-order valence-electron chi connectivity index (χ1n) is 7.39. The molecule has 3 rings (SSSR count). The largest absolute Gasteiger partial charge is 0.478 e. The summed E-state index contributed by atoms with van der Waals surface area (Å²) in [6.07, 6.45) is 8.63. The number of hydrogen-bond acceptors (Lipinski definition) is 4. The Bertz CT molecular complexity index is 734. The van der Waals surface area contributed by atoms with Crippen molar-refractivity contribution >= 4 is 5.65 Å². The normalized spacial score (nSPS) is 11.2. The smallest absolute Gasteiger partial charge is 0.213 e. The fourth-order valence-electron chi connectivity index (χ4n) is 2.28. The van der Waals surface area contributed by atoms with Gasteiger partial charge in [0.2, 0.25) is 5.88 Å². The Labute approximate surface area is 130 Å². The molecule has 5 nitrogen and oxygen atoms in total. The topological polar surface area (TPSA) is 42.7 Å². The van der Waals surface area contributed by atoms with Crippen LogP contribution >= 0.6 is 0 Å². The highest BCUT2D eigenvalue weighted by Gasteiger charge is 2.02. The molecule has 0 spiro atoms. The van der Waals surface area contributed by atoms with Gasteiger partial charge in [-0.25, -0.2) is 9.97 Å². The minimum Gasteiger partial charge on any atom is -0.478 e. The van der Waals surface area contributed by atoms with E-state index in [0.717, 1.165) is 29.7 Å². The second-order valence-corrected chi connectivity index (χ2v) is 5.50. The van der Waals surface area contributed by atoms with Gasteiger partial charge in [-0.2, -0.15) is 0 Å². The van der Waals surface area contributed by atoms with Crippen LogP contribution in [0.15, 0.2) is 49.1 Å². The lowest BCUT2D eigenvalue weighted by molar-refractivity contribution is 0.273. The van der Waals surface area contributed by atoms with Crippen LogP contribution in [0.2, 0.25) is 0 Å². The predicted octanol–water partition coefficient (Wildman–Crippen LogP) is 2.73. The van der Waals surface area contributed by atoms with Gasteiger partial charge in [0.1, 0.15) is 5.65 Å². The van der Waals surface area contributed by atoms with Gasteiger partial charge in [-0.1, -0.05) is 0 Å². The van der Waals surface area contributed by atoms with E-state index in [1.54, 1.807) is 6.20 Å². The average molecular weight is 296 g/mol. The molecule has 0 unspecified atom stereocenters. The van der Waals surface area contributed by atoms with Gasteiger partial charge in [0, 0.05) is 43.0 Å². The number of aromatic nitrogens is 3. The Morgan fingerprint density at radius 3 is 2.73 bits per heavy atom. The molecule has 0 bridgehead atoms. The number of nitrogens with zero attached hydrogens (tertiary/aromatic N) is 4. The van der Waals surface area contributed by atoms with E-state index < -0.39 is 0 Å². The van der Waals surface area contributed by atoms with E-state index in [4.69, 9.17) is 4.74 Å². The summed E-state index contributed by atoms with van der Waals surface area (Å²) in [5, 5.41) is 0. The van der Waals surface area contributed by atoms with E-state index in [1.165, 1.54) is 0 Å². The molecule has 22 heavy (non-hydrogen) atoms. The summed E-state index contributed by atoms with van der Waals surface area (Å²) in [5.41, 5.74) is 3.12. The Kier molecular flexibility index (Phi) is 4.34. The highest BCUT2D eigenvalue weighted by atomic mass is 16.5. The molecular formula is C17H20N4O. The summed E-state index contributed by atoms with van der Waals surface area (Å²) in [4.78, 5) is 10.8. The van der Waals surface area contributed by atoms with E-state index in [9.17, 15) is 0 Å². The molecule has 3 aromatic heterocycles. The lowest BCUT2D eigenvalue weighted by atomic mass is 10.1. The van der Waals surface area contributed by atoms with Crippen molar-refractivity contribution in [1.29, 1.82) is 0 Å². The van der Waals surface area contributed by atoms with Crippen LogP contribution < -0.4 is 4.74 Å². The van der Waals surface area contributed by atoms with Gasteiger partial charge in [-0.3, -0.25) is 0 Å². The fourth-order valence-corrected chi connectivity index (χ4v) is 2.28. The summed E-state index contributed by atoms with van der Waals surface area (Å²) < 4.78 is 7.65. The zero-order valence-corrected chi connectivity index (χ0v) is 12.9. The number of imidazole rings is 1. The van der Waals surface area contributed by atoms with E-state index >= 15 is 0 Å². The molecule has 0 radical (unpaired) electrons. The second-order valence-electron chi connectivity index (χ2n) is 5.50. The van der Waals surface area contributed by atoms with Crippen LogP contribution in [0, 0.1) is 0 Å². The zero-order valence-electron chi connectivity index (χ0n) is 12.9. The minimum atomic E-state index is 0.672. The van der Waals surface area contributed by atoms with Gasteiger partial charge in [-0.15, -0.1) is 0 Å². The molecule has 3 heterocycles. The first kappa shape index (κ1) is 14.5. The Morgan fingerprint density at radius 2 is 1.95 bits per heavy atom. The van der Waals surface area contributed by atoms with Crippen LogP contribution in [0.3, 0.4) is 0 Å². The quantitative estimate of drug-likeness (QED) is 0.656. The lowest BCUT2D eigenvalue weighted by Crippen LogP contribution is -2.15. The SMILES string of the molecule is CN(C)CCCOc1ccc(-c2ccc3nccn3c2)cn1. The summed E-state index contributed by atoms with van der Waals surface area (Å²) in [7, 11) is 4.12. The van der Waals surface area contributed by atoms with Crippen molar-refractivity contribution in [2.75, 3.05) is 27.2 Å². The van der Waals surface area contributed by atoms with Crippen molar-refractivity contribution in [1.82, 2.24) is 19.3 Å². The van der Waals surface area contributed by atoms with Gasteiger partial charge in [0.05, 0.1) is 6.61 Å². The lowest BCUT2D eigenvalue weighted by Gasteiger charge is -2.10. The van der Waals surface area contributed by atoms with Crippen molar-refractivity contribution < 1.29 is 4.74 Å². The molecule has 0 atom stereocenters. The third kappa shape index (κ3) is 3.43. The third-order valence-electron chi connectivity index (χ3n) is 3.46. The van der Waals surface area contributed by atoms with Crippen LogP contribution in [0.5, 0.6) is 5.88 Å². The van der Waals surface area contributed by atoms with Crippen LogP contribution in [0.1, 0.15) is 6.42 Å². The average Bonchev–Trinajstić information content (AvgIpc) is 2.99. The molecule has 3 aromatic rings. The molecule has 0 saturated carbocycles. The number of hydrogen-bond donors (Lipinski definition) is 0. The first-order chi connectivity index (χ1) is 10.7. The standard InChI is InChI=1S/C17H20N4O/c1-20(2)9-3-11-22-17-7-5-14(12-19-17)15-4-6-16-18-8-10-21(16)13-15/h4-8,10,12-13H,3,9,11H2,1-2H3. The minimum absolute atomic E-state index is 0.672. The maximum absolute atomic E-state index is 5.65. The molecule has 5 heteroatoms. The van der Waals surface area contributed by atoms with Crippen molar-refractivity contribution in [2.45, 2.75) is 6.42 Å². The summed E-state index contributed by atoms with van der Waals surface area (Å²) in [6, 6.07) is 8.01. The number of ether oxygens (including phenoxy) is 1. The molecule has 0 amide bonds. The molecule has 0 aliphatic rings. The van der Waals surface area contributed by atoms with E-state index in [0.29, 0.717) is 12.5 Å². The zero-order chi connectivity index (χ0) is 15.4. The maximum Gasteiger partial charge on any atom is 0.213 e. The number of pyridine rings is 2. The van der Waals surface area contributed by atoms with E-state index in [1.807, 2.05) is 35.0 Å². The van der Waals surface area contributed by atoms with Gasteiger partial charge in [0.15, 0.2) is 0 Å². The van der Waals surface area contributed by atoms with Crippen LogP contribution in [0.25, 0.3) is 16.8 Å². The summed E-state index contributed by atoms with van der Waals surface area (Å²) >= 11 is 0. The maximum atomic E-state index is 5.65. The Morgan fingerprint density at radius 1 is 1.09 bits per heavy atom. The Hall–Kier alpha value is -2.40. The van der Waals surface area contributed by atoms with Crippen LogP contribution in [0.4, 0.5) is 0 Å². The van der Waals surface area contributed by atoms with Crippen molar-refractivity contribution in [3.63, 3.8) is 0 Å². The molecule has 0 saturated heterocycles. The Balaban J connectivity index is 1.65. The summed E-state index contributed by atoms with van der Waals surface area (Å²) in [5.74, 6) is 0.672. The molecule has 0 aliphatic carbocycles. The third-order valence-corrected chi connectivity index (χ3v) is 3.46. The van der Waals surface area contributed by atoms with Gasteiger partial charge < -0.3 is 14.0 Å². The highest BCUT2D eigenvalue weighted by molar-refractivity contribution is 5.63. The number of rotatable bonds is 6. The van der Waals surface area contributed by atoms with Crippen molar-refractivity contribution in [3.8, 4) is 17.0 Å². The first-order valence-corrected chi connectivity index (χ1v) is 7.39. The molecular weight excluding hydrogens is 276 g/mol. The van der Waals surface area contributed by atoms with E-state index in [-0.39, 0.29) is 0 Å². The molecule has 0 aromatic carbocycles. The van der Waals surface area contributed by atoms with Gasteiger partial charge in [-0.05, 0) is 44.3 Å². The molecule has 0 N–H and O–H groups in total. The van der Waals surface area contributed by atoms with Gasteiger partial charge in [0.25, 0.3) is 0 Å². The second kappa shape index (κ2) is 6.58. The molecule has 0 fully saturated rings.